The van der Waals surface area contributed by atoms with Gasteiger partial charge >= 0.3 is 16.5 Å². The molecule has 0 aromatic carbocycles. The third kappa shape index (κ3) is 6.63. The molecule has 0 aliphatic heterocycles. The van der Waals surface area contributed by atoms with E-state index in [0.717, 1.165) is 12.4 Å². The number of nitrogens with two attached hydrogens (primary N) is 1. The topological polar surface area (TPSA) is 155 Å². The molecule has 1 aliphatic rings. The molecule has 0 amide bonds. The second-order valence-corrected chi connectivity index (χ2v) is 9.96. The van der Waals surface area contributed by atoms with E-state index >= 15 is 0 Å². The molecule has 0 radical (unpaired) electrons. The number of hydrogen-bond donors (Lipinski definition) is 2. The van der Waals surface area contributed by atoms with E-state index in [0.29, 0.717) is 0 Å². The number of aromatic nitrogens is 4. The first-order valence-corrected chi connectivity index (χ1v) is 12.5. The van der Waals surface area contributed by atoms with Crippen LogP contribution >= 0.6 is 11.6 Å². The molecule has 3 aromatic heterocycles. The molecule has 11 nitrogen and oxygen atoms in total. The van der Waals surface area contributed by atoms with Gasteiger partial charge < -0.3 is 14.4 Å². The molecule has 3 N–H and O–H groups in total. The summed E-state index contributed by atoms with van der Waals surface area (Å²) in [7, 11) is -4.16. The van der Waals surface area contributed by atoms with Crippen LogP contribution in [0.3, 0.4) is 0 Å². The number of nitrogens with one attached hydrogen (secondary N) is 1. The molecule has 0 bridgehead atoms. The molecule has 200 valence electrons. The van der Waals surface area contributed by atoms with E-state index in [1.807, 2.05) is 0 Å². The number of hydrogen-bond acceptors (Lipinski definition) is 9. The quantitative estimate of drug-likeness (QED) is 0.294. The number of carbonyl (C=O) groups excluding carboxylic acids is 1. The molecule has 0 spiro atoms. The average molecular weight is 567 g/mol. The molecule has 1 fully saturated rings. The number of alkyl halides is 4. The van der Waals surface area contributed by atoms with Gasteiger partial charge in [-0.3, -0.25) is 8.98 Å². The predicted octanol–water partition coefficient (Wildman–Crippen LogP) is 2.97. The van der Waals surface area contributed by atoms with Gasteiger partial charge in [0, 0.05) is 24.0 Å². The maximum atomic E-state index is 14.6. The van der Waals surface area contributed by atoms with Gasteiger partial charge in [-0.15, -0.1) is 0 Å². The highest BCUT2D eigenvalue weighted by atomic mass is 35.5. The van der Waals surface area contributed by atoms with Crippen LogP contribution in [0.15, 0.2) is 35.4 Å². The van der Waals surface area contributed by atoms with Gasteiger partial charge in [0.05, 0.1) is 24.8 Å². The maximum Gasteiger partial charge on any atom is 0.452 e. The van der Waals surface area contributed by atoms with E-state index in [-0.39, 0.29) is 53.8 Å². The van der Waals surface area contributed by atoms with Crippen LogP contribution in [0.1, 0.15) is 40.2 Å². The zero-order valence-corrected chi connectivity index (χ0v) is 20.2. The average Bonchev–Trinajstić information content (AvgIpc) is 3.52. The van der Waals surface area contributed by atoms with Crippen LogP contribution in [-0.4, -0.2) is 52.7 Å². The molecule has 0 unspecified atom stereocenters. The number of rotatable bonds is 9. The van der Waals surface area contributed by atoms with Crippen molar-refractivity contribution >= 4 is 33.5 Å². The standard InChI is InChI=1S/C20H19ClF4N6O5S/c21-17-3-11(6-31(17)7-12-4-16(36-30-12)20(23,24)25)18(32)13-5-27-9-28-19(13)29-15-2-10(1-14(15)22)8-35-37(26,33)34/h3-6,9-10,14-15H,1-2,7-8H2,(H2,26,33,34)(H,27,28,29)/t10-,14+,15-/m1/s1. The van der Waals surface area contributed by atoms with Gasteiger partial charge in [0.15, 0.2) is 5.78 Å². The number of carbonyl (C=O) groups is 1. The largest absolute Gasteiger partial charge is 0.452 e. The monoisotopic (exact) mass is 566 g/mol. The SMILES string of the molecule is NS(=O)(=O)OC[C@@H]1C[C@H](F)[C@H](Nc2ncncc2C(=O)c2cc(Cl)n(Cc3cc(C(F)(F)F)on3)c2)C1. The van der Waals surface area contributed by atoms with Gasteiger partial charge in [-0.25, -0.2) is 19.5 Å². The zero-order valence-electron chi connectivity index (χ0n) is 18.7. The Kier molecular flexibility index (Phi) is 7.55. The third-order valence-electron chi connectivity index (χ3n) is 5.61. The second-order valence-electron chi connectivity index (χ2n) is 8.36. The molecule has 1 aliphatic carbocycles. The van der Waals surface area contributed by atoms with Crippen LogP contribution in [0.25, 0.3) is 0 Å². The summed E-state index contributed by atoms with van der Waals surface area (Å²) in [5.41, 5.74) is 0.00370. The molecule has 0 saturated heterocycles. The van der Waals surface area contributed by atoms with Crippen molar-refractivity contribution in [1.82, 2.24) is 19.7 Å². The van der Waals surface area contributed by atoms with Crippen LogP contribution in [0, 0.1) is 5.92 Å². The van der Waals surface area contributed by atoms with Crippen molar-refractivity contribution in [2.24, 2.45) is 11.1 Å². The molecule has 3 atom stereocenters. The first-order valence-electron chi connectivity index (χ1n) is 10.6. The summed E-state index contributed by atoms with van der Waals surface area (Å²) in [5.74, 6) is -2.25. The lowest BCUT2D eigenvalue weighted by Gasteiger charge is -2.17. The summed E-state index contributed by atoms with van der Waals surface area (Å²) in [6.45, 7) is -0.481. The van der Waals surface area contributed by atoms with Crippen LogP contribution in [-0.2, 0) is 27.2 Å². The van der Waals surface area contributed by atoms with E-state index in [2.05, 4.69) is 29.1 Å². The molecular weight excluding hydrogens is 548 g/mol. The van der Waals surface area contributed by atoms with Crippen molar-refractivity contribution in [3.05, 3.63) is 58.6 Å². The van der Waals surface area contributed by atoms with Gasteiger partial charge in [-0.1, -0.05) is 16.8 Å². The molecule has 3 heterocycles. The van der Waals surface area contributed by atoms with Gasteiger partial charge in [0.1, 0.15) is 29.2 Å². The van der Waals surface area contributed by atoms with Crippen molar-refractivity contribution in [1.29, 1.82) is 0 Å². The van der Waals surface area contributed by atoms with Crippen molar-refractivity contribution in [2.45, 2.75) is 37.8 Å². The molecule has 17 heteroatoms. The number of halogens is 5. The van der Waals surface area contributed by atoms with Gasteiger partial charge in [0.2, 0.25) is 5.76 Å². The highest BCUT2D eigenvalue weighted by Crippen LogP contribution is 2.32. The Bertz CT molecular complexity index is 1400. The third-order valence-corrected chi connectivity index (χ3v) is 6.40. The zero-order chi connectivity index (χ0) is 27.0. The Morgan fingerprint density at radius 3 is 2.76 bits per heavy atom. The van der Waals surface area contributed by atoms with Crippen LogP contribution in [0.4, 0.5) is 23.4 Å². The second kappa shape index (κ2) is 10.4. The normalized spacial score (nSPS) is 20.3. The summed E-state index contributed by atoms with van der Waals surface area (Å²) in [5, 5.41) is 11.1. The highest BCUT2D eigenvalue weighted by Gasteiger charge is 2.37. The molecule has 4 rings (SSSR count). The van der Waals surface area contributed by atoms with E-state index < -0.39 is 46.2 Å². The Morgan fingerprint density at radius 2 is 2.08 bits per heavy atom. The van der Waals surface area contributed by atoms with E-state index in [1.165, 1.54) is 23.0 Å². The highest BCUT2D eigenvalue weighted by molar-refractivity contribution is 7.84. The summed E-state index contributed by atoms with van der Waals surface area (Å²) < 4.78 is 85.0. The minimum atomic E-state index is -4.70. The lowest BCUT2D eigenvalue weighted by molar-refractivity contribution is -0.155. The van der Waals surface area contributed by atoms with Gasteiger partial charge in [0.25, 0.3) is 0 Å². The molecule has 1 saturated carbocycles. The predicted molar refractivity (Wildman–Crippen MR) is 120 cm³/mol. The van der Waals surface area contributed by atoms with E-state index in [1.54, 1.807) is 0 Å². The Morgan fingerprint density at radius 1 is 1.32 bits per heavy atom. The minimum Gasteiger partial charge on any atom is -0.364 e. The smallest absolute Gasteiger partial charge is 0.364 e. The summed E-state index contributed by atoms with van der Waals surface area (Å²) in [6, 6.07) is 1.24. The van der Waals surface area contributed by atoms with Crippen molar-refractivity contribution in [3.8, 4) is 0 Å². The number of nitrogens with zero attached hydrogens (tertiary/aromatic N) is 4. The van der Waals surface area contributed by atoms with Gasteiger partial charge in [-0.05, 0) is 24.8 Å². The Hall–Kier alpha value is -3.08. The molecular formula is C20H19ClF4N6O5S. The van der Waals surface area contributed by atoms with E-state index in [9.17, 15) is 30.8 Å². The fourth-order valence-corrected chi connectivity index (χ4v) is 4.53. The van der Waals surface area contributed by atoms with E-state index in [4.69, 9.17) is 16.7 Å². The minimum absolute atomic E-state index is 0.00598. The Labute approximate surface area is 212 Å². The molecule has 37 heavy (non-hydrogen) atoms. The van der Waals surface area contributed by atoms with Gasteiger partial charge in [-0.2, -0.15) is 21.6 Å². The van der Waals surface area contributed by atoms with Crippen molar-refractivity contribution in [2.75, 3.05) is 11.9 Å². The first kappa shape index (κ1) is 27.0. The first-order chi connectivity index (χ1) is 17.3. The van der Waals surface area contributed by atoms with Crippen LogP contribution in [0.5, 0.6) is 0 Å². The van der Waals surface area contributed by atoms with Crippen LogP contribution < -0.4 is 10.5 Å². The number of ketones is 1. The Balaban J connectivity index is 1.48. The maximum absolute atomic E-state index is 14.6. The lowest BCUT2D eigenvalue weighted by Crippen LogP contribution is -2.27. The fraction of sp³-hybridized carbons (Fsp3) is 0.400. The van der Waals surface area contributed by atoms with Crippen molar-refractivity contribution in [3.63, 3.8) is 0 Å². The molecule has 3 aromatic rings. The summed E-state index contributed by atoms with van der Waals surface area (Å²) >= 11 is 6.17. The fourth-order valence-electron chi connectivity index (χ4n) is 3.92. The van der Waals surface area contributed by atoms with Crippen LogP contribution in [0.2, 0.25) is 5.15 Å². The van der Waals surface area contributed by atoms with Crippen molar-refractivity contribution < 1.29 is 39.5 Å². The summed E-state index contributed by atoms with van der Waals surface area (Å²) in [4.78, 5) is 21.1. The number of anilines is 1. The lowest BCUT2D eigenvalue weighted by atomic mass is 10.1. The summed E-state index contributed by atoms with van der Waals surface area (Å²) in [6.07, 6.45) is -2.18.